The van der Waals surface area contributed by atoms with Gasteiger partial charge in [-0.15, -0.1) is 0 Å². The molecule has 0 heterocycles. The number of primary amides is 1. The summed E-state index contributed by atoms with van der Waals surface area (Å²) in [6.45, 7) is 0. The van der Waals surface area contributed by atoms with Crippen LogP contribution in [0.3, 0.4) is 0 Å². The first kappa shape index (κ1) is 11.5. The first-order valence-electron chi connectivity index (χ1n) is 5.65. The molecule has 0 radical (unpaired) electrons. The highest BCUT2D eigenvalue weighted by Crippen LogP contribution is 2.27. The maximum Gasteiger partial charge on any atom is 0.220 e. The Morgan fingerprint density at radius 3 is 2.57 bits per heavy atom. The van der Waals surface area contributed by atoms with Crippen molar-refractivity contribution in [1.82, 2.24) is 0 Å². The Hall–Kier alpha value is -0.570. The van der Waals surface area contributed by atoms with Gasteiger partial charge in [0.05, 0.1) is 12.5 Å². The van der Waals surface area contributed by atoms with Gasteiger partial charge in [-0.25, -0.2) is 0 Å². The van der Waals surface area contributed by atoms with Crippen molar-refractivity contribution in [2.45, 2.75) is 57.5 Å². The van der Waals surface area contributed by atoms with Crippen molar-refractivity contribution < 1.29 is 9.90 Å². The highest BCUT2D eigenvalue weighted by Gasteiger charge is 2.15. The third-order valence-electron chi connectivity index (χ3n) is 3.07. The lowest BCUT2D eigenvalue weighted by Gasteiger charge is -2.22. The molecule has 1 saturated carbocycles. The number of hydrogen-bond acceptors (Lipinski definition) is 2. The van der Waals surface area contributed by atoms with Crippen molar-refractivity contribution in [3.63, 3.8) is 0 Å². The van der Waals surface area contributed by atoms with E-state index in [1.54, 1.807) is 0 Å². The highest BCUT2D eigenvalue weighted by atomic mass is 16.3. The van der Waals surface area contributed by atoms with Crippen LogP contribution in [0.4, 0.5) is 0 Å². The largest absolute Gasteiger partial charge is 0.393 e. The van der Waals surface area contributed by atoms with E-state index < -0.39 is 12.0 Å². The Morgan fingerprint density at radius 1 is 1.36 bits per heavy atom. The quantitative estimate of drug-likeness (QED) is 0.706. The predicted octanol–water partition coefficient (Wildman–Crippen LogP) is 1.58. The van der Waals surface area contributed by atoms with Gasteiger partial charge in [0.15, 0.2) is 0 Å². The molecule has 3 nitrogen and oxygen atoms in total. The van der Waals surface area contributed by atoms with Gasteiger partial charge < -0.3 is 10.8 Å². The van der Waals surface area contributed by atoms with E-state index in [1.165, 1.54) is 32.1 Å². The third kappa shape index (κ3) is 4.61. The summed E-state index contributed by atoms with van der Waals surface area (Å²) in [7, 11) is 0. The third-order valence-corrected chi connectivity index (χ3v) is 3.07. The molecule has 3 N–H and O–H groups in total. The number of rotatable bonds is 5. The molecule has 0 aromatic carbocycles. The fraction of sp³-hybridized carbons (Fsp3) is 0.909. The van der Waals surface area contributed by atoms with Crippen molar-refractivity contribution in [3.05, 3.63) is 0 Å². The van der Waals surface area contributed by atoms with E-state index in [0.29, 0.717) is 0 Å². The molecule has 0 bridgehead atoms. The second kappa shape index (κ2) is 6.02. The van der Waals surface area contributed by atoms with Crippen molar-refractivity contribution >= 4 is 5.91 Å². The lowest BCUT2D eigenvalue weighted by molar-refractivity contribution is -0.120. The Balaban J connectivity index is 2.09. The molecule has 3 heteroatoms. The zero-order valence-electron chi connectivity index (χ0n) is 8.74. The van der Waals surface area contributed by atoms with Crippen molar-refractivity contribution in [2.24, 2.45) is 11.7 Å². The van der Waals surface area contributed by atoms with E-state index in [0.717, 1.165) is 18.8 Å². The summed E-state index contributed by atoms with van der Waals surface area (Å²) in [5.74, 6) is 0.368. The minimum atomic E-state index is -0.519. The Morgan fingerprint density at radius 2 is 2.00 bits per heavy atom. The number of carbonyl (C=O) groups is 1. The average molecular weight is 199 g/mol. The summed E-state index contributed by atoms with van der Waals surface area (Å²) in [5, 5.41) is 9.45. The first-order valence-corrected chi connectivity index (χ1v) is 5.65. The number of amides is 1. The molecular formula is C11H21NO2. The molecule has 14 heavy (non-hydrogen) atoms. The fourth-order valence-corrected chi connectivity index (χ4v) is 2.24. The molecule has 1 rings (SSSR count). The number of aliphatic hydroxyl groups excluding tert-OH is 1. The Labute approximate surface area is 85.7 Å². The van der Waals surface area contributed by atoms with Gasteiger partial charge in [-0.2, -0.15) is 0 Å². The van der Waals surface area contributed by atoms with Gasteiger partial charge in [0.25, 0.3) is 0 Å². The van der Waals surface area contributed by atoms with Crippen LogP contribution in [-0.2, 0) is 4.79 Å². The summed E-state index contributed by atoms with van der Waals surface area (Å²) in [6.07, 6.45) is 7.99. The summed E-state index contributed by atoms with van der Waals surface area (Å²) >= 11 is 0. The molecular weight excluding hydrogens is 178 g/mol. The van der Waals surface area contributed by atoms with Gasteiger partial charge >= 0.3 is 0 Å². The van der Waals surface area contributed by atoms with Crippen LogP contribution in [0, 0.1) is 5.92 Å². The van der Waals surface area contributed by atoms with Crippen LogP contribution in [0.15, 0.2) is 0 Å². The van der Waals surface area contributed by atoms with Crippen LogP contribution in [0.25, 0.3) is 0 Å². The van der Waals surface area contributed by atoms with Crippen LogP contribution in [0.5, 0.6) is 0 Å². The lowest BCUT2D eigenvalue weighted by atomic mass is 9.85. The van der Waals surface area contributed by atoms with Gasteiger partial charge in [0, 0.05) is 0 Å². The molecule has 1 atom stereocenters. The summed E-state index contributed by atoms with van der Waals surface area (Å²) in [4.78, 5) is 10.5. The van der Waals surface area contributed by atoms with Crippen LogP contribution >= 0.6 is 0 Å². The number of aliphatic hydroxyl groups is 1. The smallest absolute Gasteiger partial charge is 0.220 e. The van der Waals surface area contributed by atoms with E-state index in [-0.39, 0.29) is 6.42 Å². The van der Waals surface area contributed by atoms with Gasteiger partial charge in [0.1, 0.15) is 0 Å². The van der Waals surface area contributed by atoms with E-state index in [1.807, 2.05) is 0 Å². The van der Waals surface area contributed by atoms with Crippen LogP contribution in [0.1, 0.15) is 51.4 Å². The van der Waals surface area contributed by atoms with Crippen LogP contribution in [-0.4, -0.2) is 17.1 Å². The molecule has 82 valence electrons. The van der Waals surface area contributed by atoms with Crippen molar-refractivity contribution in [1.29, 1.82) is 0 Å². The summed E-state index contributed by atoms with van der Waals surface area (Å²) < 4.78 is 0. The predicted molar refractivity (Wildman–Crippen MR) is 55.6 cm³/mol. The topological polar surface area (TPSA) is 63.3 Å². The maximum absolute atomic E-state index is 10.5. The van der Waals surface area contributed by atoms with Gasteiger partial charge in [-0.05, 0) is 18.8 Å². The fourth-order valence-electron chi connectivity index (χ4n) is 2.24. The van der Waals surface area contributed by atoms with Gasteiger partial charge in [-0.3, -0.25) is 4.79 Å². The lowest BCUT2D eigenvalue weighted by Crippen LogP contribution is -2.20. The van der Waals surface area contributed by atoms with Crippen molar-refractivity contribution in [3.8, 4) is 0 Å². The van der Waals surface area contributed by atoms with E-state index in [4.69, 9.17) is 5.73 Å². The molecule has 1 aliphatic rings. The number of hydrogen-bond donors (Lipinski definition) is 2. The second-order valence-electron chi connectivity index (χ2n) is 4.41. The van der Waals surface area contributed by atoms with Gasteiger partial charge in [-0.1, -0.05) is 32.1 Å². The van der Waals surface area contributed by atoms with Crippen LogP contribution in [0.2, 0.25) is 0 Å². The monoisotopic (exact) mass is 199 g/mol. The minimum absolute atomic E-state index is 0.118. The first-order chi connectivity index (χ1) is 6.68. The highest BCUT2D eigenvalue weighted by molar-refractivity contribution is 5.74. The zero-order chi connectivity index (χ0) is 10.4. The Kier molecular flexibility index (Phi) is 4.94. The minimum Gasteiger partial charge on any atom is -0.393 e. The number of nitrogens with two attached hydrogens (primary N) is 1. The maximum atomic E-state index is 10.5. The van der Waals surface area contributed by atoms with E-state index in [9.17, 15) is 9.90 Å². The van der Waals surface area contributed by atoms with E-state index >= 15 is 0 Å². The molecule has 0 aliphatic heterocycles. The second-order valence-corrected chi connectivity index (χ2v) is 4.41. The zero-order valence-corrected chi connectivity index (χ0v) is 8.74. The summed E-state index contributed by atoms with van der Waals surface area (Å²) in [5.41, 5.74) is 5.00. The molecule has 0 unspecified atom stereocenters. The number of carbonyl (C=O) groups excluding carboxylic acids is 1. The van der Waals surface area contributed by atoms with Crippen LogP contribution < -0.4 is 5.73 Å². The molecule has 1 fully saturated rings. The van der Waals surface area contributed by atoms with Gasteiger partial charge in [0.2, 0.25) is 5.91 Å². The van der Waals surface area contributed by atoms with Crippen molar-refractivity contribution in [2.75, 3.05) is 0 Å². The molecule has 0 saturated heterocycles. The summed E-state index contributed by atoms with van der Waals surface area (Å²) in [6, 6.07) is 0. The molecule has 1 amide bonds. The molecule has 0 aromatic rings. The molecule has 0 spiro atoms. The normalized spacial score (nSPS) is 20.6. The SMILES string of the molecule is NC(=O)C[C@H](O)CCC1CCCCC1. The Bertz CT molecular complexity index is 176. The van der Waals surface area contributed by atoms with E-state index in [2.05, 4.69) is 0 Å². The molecule has 1 aliphatic carbocycles. The standard InChI is InChI=1S/C11H21NO2/c12-11(14)8-10(13)7-6-9-4-2-1-3-5-9/h9-10,13H,1-8H2,(H2,12,14)/t10-/m1/s1. The molecule has 0 aromatic heterocycles. The average Bonchev–Trinajstić information content (AvgIpc) is 2.15.